The molecule has 58 heavy (non-hydrogen) atoms. The highest BCUT2D eigenvalue weighted by molar-refractivity contribution is 5.96. The Hall–Kier alpha value is -5.12. The van der Waals surface area contributed by atoms with Crippen LogP contribution in [0.3, 0.4) is 0 Å². The van der Waals surface area contributed by atoms with Crippen LogP contribution in [0.5, 0.6) is 11.5 Å². The number of esters is 1. The van der Waals surface area contributed by atoms with Gasteiger partial charge in [0.05, 0.1) is 38.1 Å². The van der Waals surface area contributed by atoms with Crippen molar-refractivity contribution >= 4 is 16.7 Å². The first-order chi connectivity index (χ1) is 28.1. The minimum atomic E-state index is -1.17. The first-order valence-electron chi connectivity index (χ1n) is 19.2. The van der Waals surface area contributed by atoms with E-state index in [4.69, 9.17) is 42.3 Å². The van der Waals surface area contributed by atoms with Crippen LogP contribution in [0, 0.1) is 0 Å². The number of ether oxygens (including phenoxy) is 8. The maximum atomic E-state index is 14.0. The normalized spacial score (nSPS) is 24.9. The molecule has 1 aromatic heterocycles. The van der Waals surface area contributed by atoms with Crippen molar-refractivity contribution in [3.63, 3.8) is 0 Å². The highest BCUT2D eigenvalue weighted by Gasteiger charge is 2.42. The van der Waals surface area contributed by atoms with E-state index >= 15 is 0 Å². The summed E-state index contributed by atoms with van der Waals surface area (Å²) in [6.45, 7) is 3.25. The third-order valence-electron chi connectivity index (χ3n) is 10.8. The van der Waals surface area contributed by atoms with Crippen molar-refractivity contribution in [3.05, 3.63) is 142 Å². The van der Waals surface area contributed by atoms with Gasteiger partial charge in [-0.15, -0.1) is 0 Å². The highest BCUT2D eigenvalue weighted by Crippen LogP contribution is 2.46. The maximum absolute atomic E-state index is 14.0. The van der Waals surface area contributed by atoms with Gasteiger partial charge in [0.1, 0.15) is 23.2 Å². The SMILES string of the molecule is COC(=O)c1cc2cc(COC(c3ccccc3)(c3ccccc3)c3ccccc3)c(O[C@@H]3C[C@H](OC)[C@H](O)[C@@H](C)O3)c(O[C@@H]3C[C@H](OC)[C@H](O)[C@@H](C)O3)c2c(=O)o1. The van der Waals surface area contributed by atoms with Gasteiger partial charge < -0.3 is 52.5 Å². The standard InChI is InChI=1S/C45H48O13/c1-26-39(46)33(50-3)23-36(54-26)57-41-29(25-53-45(30-15-9-6-10-16-30,31-17-11-7-12-18-31)32-19-13-8-14-20-32)21-28-22-35(43(48)52-5)56-44(49)38(28)42(41)58-37-24-34(51-4)40(47)27(2)55-37/h6-22,26-27,33-34,36-37,39-40,46-47H,23-25H2,1-5H3/t26-,27-,33+,34+,36-,37-,39-,40-/m1/s1. The number of benzene rings is 4. The summed E-state index contributed by atoms with van der Waals surface area (Å²) in [4.78, 5) is 26.8. The van der Waals surface area contributed by atoms with E-state index in [0.29, 0.717) is 5.56 Å². The number of carbonyl (C=O) groups excluding carboxylic acids is 1. The van der Waals surface area contributed by atoms with Crippen LogP contribution in [0.25, 0.3) is 10.8 Å². The summed E-state index contributed by atoms with van der Waals surface area (Å²) in [5, 5.41) is 21.8. The lowest BCUT2D eigenvalue weighted by molar-refractivity contribution is -0.228. The Bertz CT molecular complexity index is 2110. The molecule has 2 N–H and O–H groups in total. The van der Waals surface area contributed by atoms with Gasteiger partial charge in [0.2, 0.25) is 18.3 Å². The summed E-state index contributed by atoms with van der Waals surface area (Å²) in [5.41, 5.74) is 0.851. The third-order valence-corrected chi connectivity index (χ3v) is 10.8. The topological polar surface area (TPSA) is 162 Å². The summed E-state index contributed by atoms with van der Waals surface area (Å²) >= 11 is 0. The molecule has 0 spiro atoms. The maximum Gasteiger partial charge on any atom is 0.374 e. The van der Waals surface area contributed by atoms with E-state index in [1.807, 2.05) is 91.0 Å². The Morgan fingerprint density at radius 3 is 1.62 bits per heavy atom. The van der Waals surface area contributed by atoms with Crippen molar-refractivity contribution < 1.29 is 57.3 Å². The zero-order valence-electron chi connectivity index (χ0n) is 32.9. The van der Waals surface area contributed by atoms with Crippen LogP contribution < -0.4 is 15.1 Å². The molecule has 0 radical (unpaired) electrons. The van der Waals surface area contributed by atoms with Crippen molar-refractivity contribution in [3.8, 4) is 11.5 Å². The molecule has 306 valence electrons. The molecule has 2 aliphatic rings. The van der Waals surface area contributed by atoms with Gasteiger partial charge >= 0.3 is 11.6 Å². The third kappa shape index (κ3) is 8.12. The second-order valence-electron chi connectivity index (χ2n) is 14.4. The summed E-state index contributed by atoms with van der Waals surface area (Å²) in [5.74, 6) is -1.20. The van der Waals surface area contributed by atoms with Gasteiger partial charge in [-0.25, -0.2) is 9.59 Å². The molecule has 2 fully saturated rings. The second-order valence-corrected chi connectivity index (χ2v) is 14.4. The number of methoxy groups -OCH3 is 3. The quantitative estimate of drug-likeness (QED) is 0.108. The number of hydrogen-bond acceptors (Lipinski definition) is 13. The van der Waals surface area contributed by atoms with E-state index in [1.54, 1.807) is 19.9 Å². The Morgan fingerprint density at radius 1 is 0.707 bits per heavy atom. The molecule has 13 nitrogen and oxygen atoms in total. The minimum absolute atomic E-state index is 0.0598. The van der Waals surface area contributed by atoms with Crippen LogP contribution in [0.15, 0.2) is 112 Å². The average Bonchev–Trinajstić information content (AvgIpc) is 3.25. The van der Waals surface area contributed by atoms with E-state index in [0.717, 1.165) is 16.7 Å². The number of carbonyl (C=O) groups is 1. The van der Waals surface area contributed by atoms with Crippen molar-refractivity contribution in [2.75, 3.05) is 21.3 Å². The largest absolute Gasteiger partial charge is 0.463 e. The smallest absolute Gasteiger partial charge is 0.374 e. The number of aliphatic hydroxyl groups excluding tert-OH is 2. The van der Waals surface area contributed by atoms with Crippen LogP contribution in [0.2, 0.25) is 0 Å². The predicted octanol–water partition coefficient (Wildman–Crippen LogP) is 5.87. The second kappa shape index (κ2) is 17.8. The van der Waals surface area contributed by atoms with Gasteiger partial charge in [0.25, 0.3) is 0 Å². The Kier molecular flexibility index (Phi) is 12.6. The summed E-state index contributed by atoms with van der Waals surface area (Å²) in [7, 11) is 4.16. The van der Waals surface area contributed by atoms with Crippen molar-refractivity contribution in [1.82, 2.24) is 0 Å². The first kappa shape index (κ1) is 41.1. The van der Waals surface area contributed by atoms with Crippen LogP contribution in [-0.2, 0) is 40.6 Å². The number of hydrogen-bond donors (Lipinski definition) is 2. The fourth-order valence-electron chi connectivity index (χ4n) is 7.77. The molecule has 2 saturated heterocycles. The lowest BCUT2D eigenvalue weighted by Gasteiger charge is -2.39. The number of fused-ring (bicyclic) bond motifs is 1. The van der Waals surface area contributed by atoms with Gasteiger partial charge in [-0.1, -0.05) is 91.0 Å². The molecule has 0 bridgehead atoms. The first-order valence-corrected chi connectivity index (χ1v) is 19.2. The van der Waals surface area contributed by atoms with E-state index < -0.39 is 66.4 Å². The van der Waals surface area contributed by atoms with Gasteiger partial charge in [-0.2, -0.15) is 0 Å². The number of aliphatic hydroxyl groups is 2. The Morgan fingerprint density at radius 2 is 1.17 bits per heavy atom. The zero-order valence-corrected chi connectivity index (χ0v) is 32.9. The van der Waals surface area contributed by atoms with Crippen LogP contribution >= 0.6 is 0 Å². The average molecular weight is 797 g/mol. The van der Waals surface area contributed by atoms with E-state index in [9.17, 15) is 19.8 Å². The van der Waals surface area contributed by atoms with Crippen molar-refractivity contribution in [1.29, 1.82) is 0 Å². The van der Waals surface area contributed by atoms with Crippen molar-refractivity contribution in [2.45, 2.75) is 88.1 Å². The fraction of sp³-hybridized carbons (Fsp3) is 0.378. The lowest BCUT2D eigenvalue weighted by Crippen LogP contribution is -2.50. The van der Waals surface area contributed by atoms with Crippen LogP contribution in [-0.4, -0.2) is 86.7 Å². The molecule has 13 heteroatoms. The van der Waals surface area contributed by atoms with Crippen LogP contribution in [0.4, 0.5) is 0 Å². The lowest BCUT2D eigenvalue weighted by atomic mass is 9.80. The Labute approximate surface area is 335 Å². The molecular formula is C45H48O13. The van der Waals surface area contributed by atoms with Gasteiger partial charge in [-0.3, -0.25) is 0 Å². The molecule has 5 aromatic rings. The zero-order chi connectivity index (χ0) is 41.0. The monoisotopic (exact) mass is 796 g/mol. The van der Waals surface area contributed by atoms with E-state index in [1.165, 1.54) is 27.4 Å². The summed E-state index contributed by atoms with van der Waals surface area (Å²) < 4.78 is 54.5. The van der Waals surface area contributed by atoms with Crippen LogP contribution in [0.1, 0.15) is 59.5 Å². The molecule has 8 atom stereocenters. The Balaban J connectivity index is 1.45. The predicted molar refractivity (Wildman–Crippen MR) is 211 cm³/mol. The number of rotatable bonds is 13. The van der Waals surface area contributed by atoms with Gasteiger partial charge in [0.15, 0.2) is 11.5 Å². The molecule has 2 aliphatic heterocycles. The molecule has 3 heterocycles. The fourth-order valence-corrected chi connectivity index (χ4v) is 7.77. The molecule has 4 aromatic carbocycles. The molecule has 0 aliphatic carbocycles. The molecular weight excluding hydrogens is 748 g/mol. The summed E-state index contributed by atoms with van der Waals surface area (Å²) in [6, 6.07) is 32.5. The highest BCUT2D eigenvalue weighted by atomic mass is 16.7. The van der Waals surface area contributed by atoms with Crippen molar-refractivity contribution in [2.24, 2.45) is 0 Å². The molecule has 7 rings (SSSR count). The molecule has 0 amide bonds. The summed E-state index contributed by atoms with van der Waals surface area (Å²) in [6.07, 6.45) is -6.39. The van der Waals surface area contributed by atoms with E-state index in [-0.39, 0.29) is 47.5 Å². The molecule has 0 unspecified atom stereocenters. The van der Waals surface area contributed by atoms with Gasteiger partial charge in [0, 0.05) is 32.6 Å². The van der Waals surface area contributed by atoms with E-state index in [2.05, 4.69) is 0 Å². The van der Waals surface area contributed by atoms with Gasteiger partial charge in [-0.05, 0) is 48.1 Å². The minimum Gasteiger partial charge on any atom is -0.463 e. The molecule has 0 saturated carbocycles.